The quantitative estimate of drug-likeness (QED) is 0.108. The topological polar surface area (TPSA) is 59.0 Å². The Hall–Kier alpha value is -3.93. The van der Waals surface area contributed by atoms with Crippen molar-refractivity contribution in [2.24, 2.45) is 0 Å². The van der Waals surface area contributed by atoms with E-state index in [9.17, 15) is 31.1 Å². The van der Waals surface area contributed by atoms with Crippen molar-refractivity contribution in [3.8, 4) is 22.5 Å². The van der Waals surface area contributed by atoms with Crippen molar-refractivity contribution in [1.29, 1.82) is 0 Å². The average molecular weight is 607 g/mol. The number of alkyl halides is 6. The monoisotopic (exact) mass is 606 g/mol. The van der Waals surface area contributed by atoms with Gasteiger partial charge in [-0.1, -0.05) is 85.8 Å². The van der Waals surface area contributed by atoms with Crippen molar-refractivity contribution >= 4 is 23.5 Å². The zero-order valence-corrected chi connectivity index (χ0v) is 23.3. The first-order chi connectivity index (χ1) is 20.0. The molecule has 0 saturated carbocycles. The fourth-order valence-electron chi connectivity index (χ4n) is 4.26. The lowest BCUT2D eigenvalue weighted by atomic mass is 10.0. The Morgan fingerprint density at radius 3 is 1.98 bits per heavy atom. The summed E-state index contributed by atoms with van der Waals surface area (Å²) in [6.07, 6.45) is -8.15. The molecule has 3 aromatic carbocycles. The molecule has 0 atom stereocenters. The molecule has 2 N–H and O–H groups in total. The normalized spacial score (nSPS) is 11.9. The maximum absolute atomic E-state index is 13.1. The van der Waals surface area contributed by atoms with Crippen molar-refractivity contribution < 1.29 is 31.1 Å². The Morgan fingerprint density at radius 2 is 1.43 bits per heavy atom. The molecule has 5 nitrogen and oxygen atoms in total. The summed E-state index contributed by atoms with van der Waals surface area (Å²) in [4.78, 5) is 17.3. The Bertz CT molecular complexity index is 1460. The molecule has 0 spiro atoms. The number of thioether (sulfide) groups is 1. The van der Waals surface area contributed by atoms with Crippen molar-refractivity contribution in [1.82, 2.24) is 14.9 Å². The molecule has 12 heteroatoms. The number of nitrogens with one attached hydrogen (secondary N) is 2. The van der Waals surface area contributed by atoms with Crippen molar-refractivity contribution in [3.63, 3.8) is 0 Å². The van der Waals surface area contributed by atoms with Gasteiger partial charge in [0.15, 0.2) is 5.16 Å². The number of hydrogen-bond donors (Lipinski definition) is 2. The molecule has 4 rings (SSSR count). The third-order valence-electron chi connectivity index (χ3n) is 6.23. The first-order valence-corrected chi connectivity index (χ1v) is 14.1. The molecular weight excluding hydrogens is 578 g/mol. The zero-order chi connectivity index (χ0) is 30.3. The van der Waals surface area contributed by atoms with Crippen LogP contribution in [0.2, 0.25) is 0 Å². The van der Waals surface area contributed by atoms with Crippen LogP contribution < -0.4 is 10.6 Å². The van der Waals surface area contributed by atoms with E-state index in [1.54, 1.807) is 0 Å². The van der Waals surface area contributed by atoms with Gasteiger partial charge in [-0.3, -0.25) is 0 Å². The summed E-state index contributed by atoms with van der Waals surface area (Å²) in [5.74, 6) is 0.357. The van der Waals surface area contributed by atoms with Crippen LogP contribution in [0.25, 0.3) is 22.5 Å². The standard InChI is InChI=1S/C30H28F6N4OS/c1-2-3-15-40-26(21-12-8-5-9-13-21)25(20-10-6-4-7-11-20)39-28(40)42-16-14-37-27(41)38-24-18-22(29(31,32)33)17-23(19-24)30(34,35)36/h4-13,17-19H,2-3,14-16H2,1H3,(H2,37,38,41). The maximum atomic E-state index is 13.1. The van der Waals surface area contributed by atoms with Gasteiger partial charge in [-0.2, -0.15) is 26.3 Å². The minimum Gasteiger partial charge on any atom is -0.337 e. The highest BCUT2D eigenvalue weighted by atomic mass is 32.2. The highest BCUT2D eigenvalue weighted by Gasteiger charge is 2.37. The van der Waals surface area contributed by atoms with Gasteiger partial charge in [0.1, 0.15) is 0 Å². The summed E-state index contributed by atoms with van der Waals surface area (Å²) in [7, 11) is 0. The minimum absolute atomic E-state index is 0.00772. The van der Waals surface area contributed by atoms with Gasteiger partial charge < -0.3 is 15.2 Å². The van der Waals surface area contributed by atoms with E-state index in [1.807, 2.05) is 60.7 Å². The predicted octanol–water partition coefficient (Wildman–Crippen LogP) is 8.97. The van der Waals surface area contributed by atoms with E-state index in [0.29, 0.717) is 24.4 Å². The number of unbranched alkanes of at least 4 members (excludes halogenated alkanes) is 1. The Kier molecular flexibility index (Phi) is 9.87. The molecule has 0 unspecified atom stereocenters. The van der Waals surface area contributed by atoms with Gasteiger partial charge in [-0.15, -0.1) is 0 Å². The maximum Gasteiger partial charge on any atom is 0.416 e. The van der Waals surface area contributed by atoms with Crippen molar-refractivity contribution in [2.45, 2.75) is 43.8 Å². The van der Waals surface area contributed by atoms with Crippen LogP contribution in [-0.2, 0) is 18.9 Å². The highest BCUT2D eigenvalue weighted by Crippen LogP contribution is 2.38. The average Bonchev–Trinajstić information content (AvgIpc) is 3.32. The highest BCUT2D eigenvalue weighted by molar-refractivity contribution is 7.99. The van der Waals surface area contributed by atoms with Crippen molar-refractivity contribution in [2.75, 3.05) is 17.6 Å². The van der Waals surface area contributed by atoms with Crippen LogP contribution in [0.15, 0.2) is 84.0 Å². The first kappa shape index (κ1) is 31.0. The summed E-state index contributed by atoms with van der Waals surface area (Å²) in [5, 5.41) is 5.31. The summed E-state index contributed by atoms with van der Waals surface area (Å²) < 4.78 is 80.9. The molecule has 0 radical (unpaired) electrons. The number of urea groups is 1. The molecule has 1 heterocycles. The Morgan fingerprint density at radius 1 is 0.857 bits per heavy atom. The van der Waals surface area contributed by atoms with Crippen LogP contribution >= 0.6 is 11.8 Å². The molecule has 0 saturated heterocycles. The molecule has 0 fully saturated rings. The van der Waals surface area contributed by atoms with Gasteiger partial charge in [-0.25, -0.2) is 9.78 Å². The summed E-state index contributed by atoms with van der Waals surface area (Å²) >= 11 is 1.39. The largest absolute Gasteiger partial charge is 0.416 e. The number of anilines is 1. The van der Waals surface area contributed by atoms with E-state index in [0.717, 1.165) is 40.5 Å². The first-order valence-electron chi connectivity index (χ1n) is 13.2. The fraction of sp³-hybridized carbons (Fsp3) is 0.267. The van der Waals surface area contributed by atoms with Gasteiger partial charge >= 0.3 is 18.4 Å². The van der Waals surface area contributed by atoms with Crippen LogP contribution in [0.3, 0.4) is 0 Å². The van der Waals surface area contributed by atoms with Crippen LogP contribution in [-0.4, -0.2) is 27.9 Å². The molecule has 4 aromatic rings. The smallest absolute Gasteiger partial charge is 0.337 e. The van der Waals surface area contributed by atoms with E-state index >= 15 is 0 Å². The predicted molar refractivity (Wildman–Crippen MR) is 152 cm³/mol. The Balaban J connectivity index is 1.50. The number of amides is 2. The number of nitrogens with zero attached hydrogens (tertiary/aromatic N) is 2. The van der Waals surface area contributed by atoms with Gasteiger partial charge in [0.05, 0.1) is 22.5 Å². The van der Waals surface area contributed by atoms with Crippen LogP contribution in [0.4, 0.5) is 36.8 Å². The third-order valence-corrected chi connectivity index (χ3v) is 7.20. The van der Waals surface area contributed by atoms with E-state index in [-0.39, 0.29) is 12.6 Å². The molecular formula is C30H28F6N4OS. The molecule has 0 aliphatic heterocycles. The summed E-state index contributed by atoms with van der Waals surface area (Å²) in [6, 6.07) is 19.7. The lowest BCUT2D eigenvalue weighted by molar-refractivity contribution is -0.143. The summed E-state index contributed by atoms with van der Waals surface area (Å²) in [5.41, 5.74) is 0.104. The number of imidazole rings is 1. The molecule has 0 bridgehead atoms. The van der Waals surface area contributed by atoms with E-state index in [2.05, 4.69) is 22.1 Å². The molecule has 222 valence electrons. The third kappa shape index (κ3) is 7.87. The van der Waals surface area contributed by atoms with Gasteiger partial charge in [0.25, 0.3) is 0 Å². The number of benzene rings is 3. The molecule has 1 aromatic heterocycles. The lowest BCUT2D eigenvalue weighted by Gasteiger charge is -2.15. The number of aromatic nitrogens is 2. The fourth-order valence-corrected chi connectivity index (χ4v) is 5.14. The van der Waals surface area contributed by atoms with E-state index < -0.39 is 35.2 Å². The zero-order valence-electron chi connectivity index (χ0n) is 22.5. The SMILES string of the molecule is CCCCn1c(SCCNC(=O)Nc2cc(C(F)(F)F)cc(C(F)(F)F)c2)nc(-c2ccccc2)c1-c1ccccc1. The van der Waals surface area contributed by atoms with Crippen LogP contribution in [0.1, 0.15) is 30.9 Å². The number of hydrogen-bond acceptors (Lipinski definition) is 3. The second kappa shape index (κ2) is 13.4. The number of carbonyl (C=O) groups is 1. The number of carbonyl (C=O) groups excluding carboxylic acids is 1. The molecule has 0 aliphatic carbocycles. The molecule has 0 aliphatic rings. The van der Waals surface area contributed by atoms with Crippen LogP contribution in [0, 0.1) is 0 Å². The molecule has 2 amide bonds. The lowest BCUT2D eigenvalue weighted by Crippen LogP contribution is -2.30. The van der Waals surface area contributed by atoms with Gasteiger partial charge in [-0.05, 0) is 24.6 Å². The van der Waals surface area contributed by atoms with E-state index in [4.69, 9.17) is 4.98 Å². The summed E-state index contributed by atoms with van der Waals surface area (Å²) in [6.45, 7) is 2.89. The number of halogens is 6. The Labute approximate surface area is 243 Å². The number of rotatable bonds is 10. The van der Waals surface area contributed by atoms with E-state index in [1.165, 1.54) is 11.8 Å². The molecule has 42 heavy (non-hydrogen) atoms. The minimum atomic E-state index is -5.01. The van der Waals surface area contributed by atoms with Crippen LogP contribution in [0.5, 0.6) is 0 Å². The second-order valence-corrected chi connectivity index (χ2v) is 10.4. The van der Waals surface area contributed by atoms with Gasteiger partial charge in [0, 0.05) is 35.7 Å². The van der Waals surface area contributed by atoms with Crippen molar-refractivity contribution in [3.05, 3.63) is 90.0 Å². The second-order valence-electron chi connectivity index (χ2n) is 9.35. The van der Waals surface area contributed by atoms with Gasteiger partial charge in [0.2, 0.25) is 0 Å².